The fourth-order valence-electron chi connectivity index (χ4n) is 2.48. The Morgan fingerprint density at radius 2 is 1.63 bits per heavy atom. The molecule has 0 aliphatic rings. The number of amides is 3. The molecule has 1 aromatic carbocycles. The number of methoxy groups -OCH3 is 1. The second-order valence-corrected chi connectivity index (χ2v) is 7.21. The molecule has 0 saturated carbocycles. The molecule has 166 valence electrons. The molecule has 0 bridgehead atoms. The average Bonchev–Trinajstić information content (AvgIpc) is 2.73. The molecule has 0 aliphatic carbocycles. The summed E-state index contributed by atoms with van der Waals surface area (Å²) < 4.78 is 9.72. The van der Waals surface area contributed by atoms with Gasteiger partial charge in [-0.3, -0.25) is 4.79 Å². The molecule has 1 aromatic rings. The van der Waals surface area contributed by atoms with Crippen molar-refractivity contribution >= 4 is 23.9 Å². The maximum Gasteiger partial charge on any atom is 0.338 e. The van der Waals surface area contributed by atoms with E-state index in [0.717, 1.165) is 5.56 Å². The van der Waals surface area contributed by atoms with Gasteiger partial charge in [0.05, 0.1) is 12.7 Å². The first kappa shape index (κ1) is 24.9. The predicted octanol–water partition coefficient (Wildman–Crippen LogP) is 1.75. The summed E-state index contributed by atoms with van der Waals surface area (Å²) in [4.78, 5) is 47.6. The molecular weight excluding hydrogens is 390 g/mol. The molecule has 0 heterocycles. The number of esters is 2. The molecule has 0 aliphatic heterocycles. The third-order valence-electron chi connectivity index (χ3n) is 4.38. The molecule has 3 N–H and O–H groups in total. The van der Waals surface area contributed by atoms with Crippen molar-refractivity contribution < 1.29 is 28.7 Å². The number of ether oxygens (including phenoxy) is 2. The lowest BCUT2D eigenvalue weighted by molar-refractivity contribution is -0.147. The molecule has 1 rings (SSSR count). The molecular formula is C21H31N3O6. The van der Waals surface area contributed by atoms with E-state index in [1.54, 1.807) is 24.3 Å². The number of nitrogens with one attached hydrogen (secondary N) is 3. The van der Waals surface area contributed by atoms with Crippen molar-refractivity contribution in [2.75, 3.05) is 13.7 Å². The number of urea groups is 1. The van der Waals surface area contributed by atoms with Crippen LogP contribution in [0.4, 0.5) is 4.79 Å². The van der Waals surface area contributed by atoms with Gasteiger partial charge in [-0.15, -0.1) is 0 Å². The van der Waals surface area contributed by atoms with Gasteiger partial charge >= 0.3 is 18.0 Å². The van der Waals surface area contributed by atoms with Crippen LogP contribution >= 0.6 is 0 Å². The van der Waals surface area contributed by atoms with E-state index >= 15 is 0 Å². The third-order valence-corrected chi connectivity index (χ3v) is 4.38. The van der Waals surface area contributed by atoms with Crippen molar-refractivity contribution in [2.45, 2.75) is 52.7 Å². The van der Waals surface area contributed by atoms with Gasteiger partial charge in [0.1, 0.15) is 6.04 Å². The molecule has 0 saturated heterocycles. The Labute approximate surface area is 176 Å². The summed E-state index contributed by atoms with van der Waals surface area (Å²) in [5, 5.41) is 7.96. The quantitative estimate of drug-likeness (QED) is 0.495. The van der Waals surface area contributed by atoms with Crippen LogP contribution in [0.25, 0.3) is 0 Å². The van der Waals surface area contributed by atoms with Gasteiger partial charge < -0.3 is 25.4 Å². The zero-order valence-electron chi connectivity index (χ0n) is 18.1. The molecule has 0 spiro atoms. The van der Waals surface area contributed by atoms with E-state index in [1.165, 1.54) is 7.11 Å². The van der Waals surface area contributed by atoms with Crippen LogP contribution in [-0.2, 0) is 25.6 Å². The highest BCUT2D eigenvalue weighted by atomic mass is 16.5. The molecule has 0 fully saturated rings. The smallest absolute Gasteiger partial charge is 0.338 e. The minimum atomic E-state index is -0.800. The fourth-order valence-corrected chi connectivity index (χ4v) is 2.48. The number of hydrogen-bond acceptors (Lipinski definition) is 6. The Morgan fingerprint density at radius 3 is 2.17 bits per heavy atom. The first-order chi connectivity index (χ1) is 14.2. The van der Waals surface area contributed by atoms with Crippen LogP contribution < -0.4 is 16.0 Å². The Morgan fingerprint density at radius 1 is 1.00 bits per heavy atom. The van der Waals surface area contributed by atoms with Gasteiger partial charge in [0.15, 0.2) is 6.61 Å². The van der Waals surface area contributed by atoms with Crippen molar-refractivity contribution in [3.8, 4) is 0 Å². The van der Waals surface area contributed by atoms with E-state index in [2.05, 4.69) is 16.0 Å². The Kier molecular flexibility index (Phi) is 10.4. The van der Waals surface area contributed by atoms with Crippen LogP contribution in [-0.4, -0.2) is 49.7 Å². The van der Waals surface area contributed by atoms with E-state index in [0.29, 0.717) is 13.0 Å². The molecule has 0 unspecified atom stereocenters. The Hall–Kier alpha value is -3.10. The number of hydrogen-bond donors (Lipinski definition) is 3. The molecule has 3 amide bonds. The molecule has 9 heteroatoms. The fraction of sp³-hybridized carbons (Fsp3) is 0.524. The van der Waals surface area contributed by atoms with Crippen LogP contribution in [0, 0.1) is 5.92 Å². The molecule has 2 atom stereocenters. The highest BCUT2D eigenvalue weighted by Gasteiger charge is 2.27. The van der Waals surface area contributed by atoms with E-state index < -0.39 is 30.5 Å². The summed E-state index contributed by atoms with van der Waals surface area (Å²) in [5.74, 6) is -1.92. The van der Waals surface area contributed by atoms with E-state index in [4.69, 9.17) is 9.47 Å². The highest BCUT2D eigenvalue weighted by molar-refractivity contribution is 5.92. The second-order valence-electron chi connectivity index (χ2n) is 7.21. The van der Waals surface area contributed by atoms with E-state index in [-0.39, 0.29) is 23.6 Å². The van der Waals surface area contributed by atoms with Crippen LogP contribution in [0.5, 0.6) is 0 Å². The van der Waals surface area contributed by atoms with Crippen molar-refractivity contribution in [2.24, 2.45) is 5.92 Å². The van der Waals surface area contributed by atoms with Crippen molar-refractivity contribution in [3.63, 3.8) is 0 Å². The van der Waals surface area contributed by atoms with Gasteiger partial charge in [-0.1, -0.05) is 32.4 Å². The van der Waals surface area contributed by atoms with E-state index in [9.17, 15) is 19.2 Å². The summed E-state index contributed by atoms with van der Waals surface area (Å²) in [5.41, 5.74) is 1.07. The maximum atomic E-state index is 12.1. The normalized spacial score (nSPS) is 12.5. The highest BCUT2D eigenvalue weighted by Crippen LogP contribution is 2.10. The van der Waals surface area contributed by atoms with Crippen LogP contribution in [0.1, 0.15) is 50.0 Å². The summed E-state index contributed by atoms with van der Waals surface area (Å²) in [6.07, 6.45) is 0.667. The van der Waals surface area contributed by atoms with Crippen molar-refractivity contribution in [3.05, 3.63) is 35.4 Å². The van der Waals surface area contributed by atoms with Crippen LogP contribution in [0.3, 0.4) is 0 Å². The summed E-state index contributed by atoms with van der Waals surface area (Å²) in [7, 11) is 1.25. The van der Waals surface area contributed by atoms with Gasteiger partial charge in [0.25, 0.3) is 5.91 Å². The zero-order chi connectivity index (χ0) is 22.7. The lowest BCUT2D eigenvalue weighted by atomic mass is 9.99. The minimum absolute atomic E-state index is 0.0347. The average molecular weight is 421 g/mol. The summed E-state index contributed by atoms with van der Waals surface area (Å²) >= 11 is 0. The van der Waals surface area contributed by atoms with Gasteiger partial charge in [0.2, 0.25) is 0 Å². The van der Waals surface area contributed by atoms with Crippen LogP contribution in [0.2, 0.25) is 0 Å². The molecule has 0 aromatic heterocycles. The van der Waals surface area contributed by atoms with Crippen LogP contribution in [0.15, 0.2) is 24.3 Å². The van der Waals surface area contributed by atoms with Crippen molar-refractivity contribution in [1.82, 2.24) is 16.0 Å². The largest absolute Gasteiger partial charge is 0.467 e. The second kappa shape index (κ2) is 12.5. The maximum absolute atomic E-state index is 12.1. The first-order valence-electron chi connectivity index (χ1n) is 9.85. The predicted molar refractivity (Wildman–Crippen MR) is 111 cm³/mol. The zero-order valence-corrected chi connectivity index (χ0v) is 18.1. The molecule has 0 radical (unpaired) electrons. The topological polar surface area (TPSA) is 123 Å². The standard InChI is InChI=1S/C21H31N3O6/c1-6-14(4)18(20(27)29-5)24-17(25)12-30-19(26)16-9-7-15(8-10-16)11-22-21(28)23-13(2)3/h7-10,13-14,18H,6,11-12H2,1-5H3,(H,24,25)(H2,22,23,28)/t14-,18+/m0/s1. The monoisotopic (exact) mass is 421 g/mol. The summed E-state index contributed by atoms with van der Waals surface area (Å²) in [6, 6.07) is 5.42. The van der Waals surface area contributed by atoms with Gasteiger partial charge in [-0.25, -0.2) is 14.4 Å². The third kappa shape index (κ3) is 8.50. The number of rotatable bonds is 10. The van der Waals surface area contributed by atoms with E-state index in [1.807, 2.05) is 27.7 Å². The molecule has 30 heavy (non-hydrogen) atoms. The summed E-state index contributed by atoms with van der Waals surface area (Å²) in [6.45, 7) is 7.22. The Bertz CT molecular complexity index is 733. The lowest BCUT2D eigenvalue weighted by Gasteiger charge is -2.21. The number of carbonyl (C=O) groups excluding carboxylic acids is 4. The lowest BCUT2D eigenvalue weighted by Crippen LogP contribution is -2.47. The number of benzene rings is 1. The number of carbonyl (C=O) groups is 4. The SMILES string of the molecule is CC[C@H](C)[C@@H](NC(=O)COC(=O)c1ccc(CNC(=O)NC(C)C)cc1)C(=O)OC. The molecule has 9 nitrogen and oxygen atoms in total. The van der Waals surface area contributed by atoms with Gasteiger partial charge in [-0.2, -0.15) is 0 Å². The minimum Gasteiger partial charge on any atom is -0.467 e. The van der Waals surface area contributed by atoms with Gasteiger partial charge in [0, 0.05) is 12.6 Å². The van der Waals surface area contributed by atoms with Crippen molar-refractivity contribution in [1.29, 1.82) is 0 Å². The van der Waals surface area contributed by atoms with Gasteiger partial charge in [-0.05, 0) is 37.5 Å². The Balaban J connectivity index is 2.53. The first-order valence-corrected chi connectivity index (χ1v) is 9.85.